The molecule has 6 nitrogen and oxygen atoms in total. The third-order valence-corrected chi connectivity index (χ3v) is 2.89. The molecule has 19 heavy (non-hydrogen) atoms. The van der Waals surface area contributed by atoms with E-state index >= 15 is 0 Å². The van der Waals surface area contributed by atoms with Crippen LogP contribution >= 0.6 is 0 Å². The van der Waals surface area contributed by atoms with Gasteiger partial charge in [0.15, 0.2) is 11.6 Å². The van der Waals surface area contributed by atoms with Crippen LogP contribution in [0.25, 0.3) is 0 Å². The average Bonchev–Trinajstić information content (AvgIpc) is 3.19. The molecule has 3 N–H and O–H groups in total. The molecule has 0 aromatic carbocycles. The summed E-state index contributed by atoms with van der Waals surface area (Å²) < 4.78 is 10.7. The zero-order chi connectivity index (χ0) is 13.7. The van der Waals surface area contributed by atoms with E-state index in [0.717, 1.165) is 25.7 Å². The lowest BCUT2D eigenvalue weighted by molar-refractivity contribution is 0.176. The zero-order valence-electron chi connectivity index (χ0n) is 11.6. The standard InChI is InChI=1S/C13H22N4O2/c1-3-4-7-19-13-11(14)12(15-9-5-6-9)16-10(17-13)8-18-2/h9H,3-8,14H2,1-2H3,(H,15,16,17). The molecule has 1 aromatic rings. The molecular formula is C13H22N4O2. The second kappa shape index (κ2) is 6.56. The predicted molar refractivity (Wildman–Crippen MR) is 74.2 cm³/mol. The average molecular weight is 266 g/mol. The minimum atomic E-state index is 0.351. The number of rotatable bonds is 8. The molecule has 6 heteroatoms. The summed E-state index contributed by atoms with van der Waals surface area (Å²) in [5, 5.41) is 3.30. The van der Waals surface area contributed by atoms with Crippen molar-refractivity contribution in [3.8, 4) is 5.88 Å². The summed E-state index contributed by atoms with van der Waals surface area (Å²) in [6, 6.07) is 0.482. The molecule has 2 rings (SSSR count). The Balaban J connectivity index is 2.14. The van der Waals surface area contributed by atoms with Gasteiger partial charge in [0, 0.05) is 13.2 Å². The molecule has 0 unspecified atom stereocenters. The minimum Gasteiger partial charge on any atom is -0.476 e. The van der Waals surface area contributed by atoms with E-state index in [1.165, 1.54) is 0 Å². The van der Waals surface area contributed by atoms with Gasteiger partial charge in [-0.3, -0.25) is 0 Å². The summed E-state index contributed by atoms with van der Waals surface area (Å²) in [6.45, 7) is 3.08. The smallest absolute Gasteiger partial charge is 0.242 e. The number of hydrogen-bond acceptors (Lipinski definition) is 6. The first-order valence-corrected chi connectivity index (χ1v) is 6.79. The molecule has 1 saturated carbocycles. The maximum Gasteiger partial charge on any atom is 0.242 e. The van der Waals surface area contributed by atoms with Crippen molar-refractivity contribution < 1.29 is 9.47 Å². The Morgan fingerprint density at radius 3 is 2.79 bits per heavy atom. The molecule has 0 aliphatic heterocycles. The molecule has 106 valence electrons. The Morgan fingerprint density at radius 1 is 1.37 bits per heavy atom. The van der Waals surface area contributed by atoms with Crippen LogP contribution in [0.3, 0.4) is 0 Å². The van der Waals surface area contributed by atoms with E-state index in [2.05, 4.69) is 22.2 Å². The number of ether oxygens (including phenoxy) is 2. The Morgan fingerprint density at radius 2 is 2.16 bits per heavy atom. The van der Waals surface area contributed by atoms with Gasteiger partial charge in [0.25, 0.3) is 0 Å². The highest BCUT2D eigenvalue weighted by atomic mass is 16.5. The molecule has 0 radical (unpaired) electrons. The van der Waals surface area contributed by atoms with Gasteiger partial charge in [-0.25, -0.2) is 4.98 Å². The third kappa shape index (κ3) is 3.96. The van der Waals surface area contributed by atoms with Crippen LogP contribution < -0.4 is 15.8 Å². The van der Waals surface area contributed by atoms with E-state index in [0.29, 0.717) is 42.5 Å². The van der Waals surface area contributed by atoms with E-state index in [9.17, 15) is 0 Å². The lowest BCUT2D eigenvalue weighted by Gasteiger charge is -2.13. The topological polar surface area (TPSA) is 82.3 Å². The Bertz CT molecular complexity index is 421. The van der Waals surface area contributed by atoms with Crippen LogP contribution in [0.1, 0.15) is 38.4 Å². The number of nitrogens with zero attached hydrogens (tertiary/aromatic N) is 2. The SMILES string of the molecule is CCCCOc1nc(COC)nc(NC2CC2)c1N. The molecule has 1 fully saturated rings. The Labute approximate surface area is 113 Å². The van der Waals surface area contributed by atoms with Crippen LogP contribution in [0.2, 0.25) is 0 Å². The molecule has 1 heterocycles. The van der Waals surface area contributed by atoms with Crippen LogP contribution in [0.5, 0.6) is 5.88 Å². The zero-order valence-corrected chi connectivity index (χ0v) is 11.6. The molecule has 0 bridgehead atoms. The highest BCUT2D eigenvalue weighted by Gasteiger charge is 2.24. The molecule has 0 amide bonds. The van der Waals surface area contributed by atoms with Crippen molar-refractivity contribution in [1.29, 1.82) is 0 Å². The van der Waals surface area contributed by atoms with Crippen LogP contribution in [-0.4, -0.2) is 29.7 Å². The first-order chi connectivity index (χ1) is 9.24. The fraction of sp³-hybridized carbons (Fsp3) is 0.692. The molecular weight excluding hydrogens is 244 g/mol. The van der Waals surface area contributed by atoms with Crippen LogP contribution in [-0.2, 0) is 11.3 Å². The molecule has 1 aliphatic carbocycles. The van der Waals surface area contributed by atoms with Crippen LogP contribution in [0.15, 0.2) is 0 Å². The van der Waals surface area contributed by atoms with Crippen molar-refractivity contribution in [3.63, 3.8) is 0 Å². The van der Waals surface area contributed by atoms with E-state index < -0.39 is 0 Å². The third-order valence-electron chi connectivity index (χ3n) is 2.89. The van der Waals surface area contributed by atoms with Gasteiger partial charge in [-0.1, -0.05) is 13.3 Å². The normalized spacial score (nSPS) is 14.4. The summed E-state index contributed by atoms with van der Waals surface area (Å²) in [7, 11) is 1.62. The summed E-state index contributed by atoms with van der Waals surface area (Å²) >= 11 is 0. The van der Waals surface area contributed by atoms with Gasteiger partial charge in [0.05, 0.1) is 6.61 Å². The maximum absolute atomic E-state index is 6.05. The number of nitrogens with two attached hydrogens (primary N) is 1. The summed E-state index contributed by atoms with van der Waals surface area (Å²) in [6.07, 6.45) is 4.38. The van der Waals surface area contributed by atoms with Gasteiger partial charge >= 0.3 is 0 Å². The first-order valence-electron chi connectivity index (χ1n) is 6.79. The van der Waals surface area contributed by atoms with Crippen molar-refractivity contribution in [2.45, 2.75) is 45.3 Å². The predicted octanol–water partition coefficient (Wildman–Crippen LogP) is 1.96. The number of hydrogen-bond donors (Lipinski definition) is 2. The van der Waals surface area contributed by atoms with Gasteiger partial charge < -0.3 is 20.5 Å². The molecule has 0 saturated heterocycles. The number of aromatic nitrogens is 2. The monoisotopic (exact) mass is 266 g/mol. The van der Waals surface area contributed by atoms with Crippen LogP contribution in [0, 0.1) is 0 Å². The highest BCUT2D eigenvalue weighted by molar-refractivity contribution is 5.67. The number of nitrogens with one attached hydrogen (secondary N) is 1. The molecule has 1 aromatic heterocycles. The van der Waals surface area contributed by atoms with E-state index in [1.54, 1.807) is 7.11 Å². The van der Waals surface area contributed by atoms with E-state index in [-0.39, 0.29) is 0 Å². The van der Waals surface area contributed by atoms with Gasteiger partial charge in [-0.05, 0) is 19.3 Å². The van der Waals surface area contributed by atoms with Crippen molar-refractivity contribution >= 4 is 11.5 Å². The summed E-state index contributed by atoms with van der Waals surface area (Å²) in [4.78, 5) is 8.68. The molecule has 1 aliphatic rings. The van der Waals surface area contributed by atoms with Crippen molar-refractivity contribution in [3.05, 3.63) is 5.82 Å². The Kier molecular flexibility index (Phi) is 4.79. The summed E-state index contributed by atoms with van der Waals surface area (Å²) in [5.41, 5.74) is 6.54. The second-order valence-electron chi connectivity index (χ2n) is 4.76. The van der Waals surface area contributed by atoms with Crippen molar-refractivity contribution in [2.75, 3.05) is 24.8 Å². The first kappa shape index (κ1) is 13.9. The van der Waals surface area contributed by atoms with Gasteiger partial charge in [-0.15, -0.1) is 0 Å². The number of nitrogen functional groups attached to an aromatic ring is 1. The minimum absolute atomic E-state index is 0.351. The largest absolute Gasteiger partial charge is 0.476 e. The van der Waals surface area contributed by atoms with E-state index in [1.807, 2.05) is 0 Å². The Hall–Kier alpha value is -1.56. The van der Waals surface area contributed by atoms with Crippen molar-refractivity contribution in [2.24, 2.45) is 0 Å². The summed E-state index contributed by atoms with van der Waals surface area (Å²) in [5.74, 6) is 1.71. The van der Waals surface area contributed by atoms with Gasteiger partial charge in [-0.2, -0.15) is 4.98 Å². The quantitative estimate of drug-likeness (QED) is 0.700. The second-order valence-corrected chi connectivity index (χ2v) is 4.76. The number of anilines is 2. The van der Waals surface area contributed by atoms with Gasteiger partial charge in [0.2, 0.25) is 5.88 Å². The van der Waals surface area contributed by atoms with Crippen molar-refractivity contribution in [1.82, 2.24) is 9.97 Å². The fourth-order valence-electron chi connectivity index (χ4n) is 1.64. The molecule has 0 atom stereocenters. The maximum atomic E-state index is 6.05. The molecule has 0 spiro atoms. The van der Waals surface area contributed by atoms with Crippen LogP contribution in [0.4, 0.5) is 11.5 Å². The lowest BCUT2D eigenvalue weighted by atomic mass is 10.3. The number of unbranched alkanes of at least 4 members (excludes halogenated alkanes) is 1. The lowest BCUT2D eigenvalue weighted by Crippen LogP contribution is -2.12. The van der Waals surface area contributed by atoms with E-state index in [4.69, 9.17) is 15.2 Å². The number of methoxy groups -OCH3 is 1. The van der Waals surface area contributed by atoms with Gasteiger partial charge in [0.1, 0.15) is 12.3 Å². The fourth-order valence-corrected chi connectivity index (χ4v) is 1.64. The highest BCUT2D eigenvalue weighted by Crippen LogP contribution is 2.31.